The lowest BCUT2D eigenvalue weighted by Crippen LogP contribution is -2.09. The van der Waals surface area contributed by atoms with Crippen molar-refractivity contribution in [1.82, 2.24) is 4.98 Å². The summed E-state index contributed by atoms with van der Waals surface area (Å²) in [7, 11) is 0. The number of anilines is 6. The molecule has 12 rings (SSSR count). The Morgan fingerprint density at radius 2 is 0.727 bits per heavy atom. The average molecular weight is 864 g/mol. The van der Waals surface area contributed by atoms with Crippen molar-refractivity contribution in [2.75, 3.05) is 9.80 Å². The van der Waals surface area contributed by atoms with Gasteiger partial charge in [-0.15, -0.1) is 11.3 Å². The van der Waals surface area contributed by atoms with Gasteiger partial charge in [-0.3, -0.25) is 0 Å². The summed E-state index contributed by atoms with van der Waals surface area (Å²) in [6, 6.07) is 87.9. The van der Waals surface area contributed by atoms with Crippen molar-refractivity contribution in [3.8, 4) is 44.0 Å². The van der Waals surface area contributed by atoms with Crippen LogP contribution in [0.3, 0.4) is 0 Å². The summed E-state index contributed by atoms with van der Waals surface area (Å²) in [5, 5.41) is 3.23. The minimum atomic E-state index is 0.899. The van der Waals surface area contributed by atoms with Crippen molar-refractivity contribution in [3.05, 3.63) is 249 Å². The van der Waals surface area contributed by atoms with E-state index >= 15 is 0 Å². The van der Waals surface area contributed by atoms with Gasteiger partial charge in [0.25, 0.3) is 0 Å². The Morgan fingerprint density at radius 1 is 0.318 bits per heavy atom. The summed E-state index contributed by atoms with van der Waals surface area (Å²) in [5.41, 5.74) is 17.1. The molecule has 12 aromatic rings. The number of thiazole rings is 1. The summed E-state index contributed by atoms with van der Waals surface area (Å²) in [4.78, 5) is 10.1. The van der Waals surface area contributed by atoms with Crippen LogP contribution in [0.4, 0.5) is 34.1 Å². The minimum absolute atomic E-state index is 0.899. The number of aromatic nitrogens is 1. The predicted molar refractivity (Wildman–Crippen MR) is 278 cm³/mol. The smallest absolute Gasteiger partial charge is 0.143 e. The van der Waals surface area contributed by atoms with E-state index in [4.69, 9.17) is 9.40 Å². The molecule has 0 atom stereocenters. The Hall–Kier alpha value is -8.51. The molecule has 0 fully saturated rings. The molecule has 0 aliphatic heterocycles. The van der Waals surface area contributed by atoms with E-state index in [2.05, 4.69) is 246 Å². The van der Waals surface area contributed by atoms with Gasteiger partial charge in [-0.2, -0.15) is 0 Å². The monoisotopic (exact) mass is 863 g/mol. The highest BCUT2D eigenvalue weighted by molar-refractivity contribution is 7.22. The number of fused-ring (bicyclic) bond motifs is 4. The third kappa shape index (κ3) is 7.18. The second kappa shape index (κ2) is 16.9. The maximum Gasteiger partial charge on any atom is 0.143 e. The highest BCUT2D eigenvalue weighted by Gasteiger charge is 2.20. The number of benzene rings is 10. The van der Waals surface area contributed by atoms with Gasteiger partial charge in [-0.25, -0.2) is 4.98 Å². The van der Waals surface area contributed by atoms with E-state index in [0.29, 0.717) is 0 Å². The van der Waals surface area contributed by atoms with E-state index < -0.39 is 0 Å². The molecule has 0 N–H and O–H groups in total. The Balaban J connectivity index is 0.953. The molecule has 4 nitrogen and oxygen atoms in total. The SMILES string of the molecule is c1ccc(N(c2ccccc2)c2ccc(-c3ccc(-c4ccc(N(c5ccccc5)c5ccccc5)cc4)c4sc(-c5ccc(-c6cccc7c6oc6ccccc67)cc5)nc34)cc2)cc1. The summed E-state index contributed by atoms with van der Waals surface area (Å²) in [5.74, 6) is 0. The molecule has 10 aromatic carbocycles. The molecule has 0 bridgehead atoms. The number of para-hydroxylation sites is 6. The van der Waals surface area contributed by atoms with Gasteiger partial charge in [0.05, 0.1) is 10.2 Å². The van der Waals surface area contributed by atoms with E-state index in [0.717, 1.165) is 110 Å². The molecular weight excluding hydrogens is 823 g/mol. The van der Waals surface area contributed by atoms with Crippen LogP contribution in [-0.4, -0.2) is 4.98 Å². The van der Waals surface area contributed by atoms with Gasteiger partial charge < -0.3 is 14.2 Å². The summed E-state index contributed by atoms with van der Waals surface area (Å²) in [6.45, 7) is 0. The molecule has 312 valence electrons. The highest BCUT2D eigenvalue weighted by Crippen LogP contribution is 2.45. The van der Waals surface area contributed by atoms with Gasteiger partial charge in [0.2, 0.25) is 0 Å². The molecule has 66 heavy (non-hydrogen) atoms. The Kier molecular flexibility index (Phi) is 10.0. The minimum Gasteiger partial charge on any atom is -0.455 e. The molecule has 0 unspecified atom stereocenters. The van der Waals surface area contributed by atoms with E-state index in [9.17, 15) is 0 Å². The maximum absolute atomic E-state index is 6.42. The first-order valence-electron chi connectivity index (χ1n) is 22.2. The lowest BCUT2D eigenvalue weighted by Gasteiger charge is -2.25. The van der Waals surface area contributed by atoms with Crippen LogP contribution in [0.15, 0.2) is 253 Å². The second-order valence-corrected chi connectivity index (χ2v) is 17.3. The van der Waals surface area contributed by atoms with Gasteiger partial charge in [0, 0.05) is 67.2 Å². The first kappa shape index (κ1) is 39.1. The van der Waals surface area contributed by atoms with E-state index in [1.54, 1.807) is 11.3 Å². The van der Waals surface area contributed by atoms with Crippen LogP contribution < -0.4 is 9.80 Å². The Bertz CT molecular complexity index is 3360. The largest absolute Gasteiger partial charge is 0.455 e. The second-order valence-electron chi connectivity index (χ2n) is 16.3. The van der Waals surface area contributed by atoms with Gasteiger partial charge in [0.1, 0.15) is 16.2 Å². The molecular formula is C61H41N3OS. The van der Waals surface area contributed by atoms with Crippen molar-refractivity contribution < 1.29 is 4.42 Å². The van der Waals surface area contributed by atoms with E-state index in [1.807, 2.05) is 12.1 Å². The number of hydrogen-bond donors (Lipinski definition) is 0. The maximum atomic E-state index is 6.42. The molecule has 0 radical (unpaired) electrons. The zero-order chi connectivity index (χ0) is 43.8. The van der Waals surface area contributed by atoms with Crippen molar-refractivity contribution in [3.63, 3.8) is 0 Å². The quantitative estimate of drug-likeness (QED) is 0.137. The van der Waals surface area contributed by atoms with Crippen molar-refractivity contribution >= 4 is 77.6 Å². The Morgan fingerprint density at radius 3 is 1.27 bits per heavy atom. The van der Waals surface area contributed by atoms with Crippen molar-refractivity contribution in [2.45, 2.75) is 0 Å². The number of nitrogens with zero attached hydrogens (tertiary/aromatic N) is 3. The molecule has 2 heterocycles. The van der Waals surface area contributed by atoms with Gasteiger partial charge >= 0.3 is 0 Å². The Labute approximate surface area is 387 Å². The fourth-order valence-corrected chi connectivity index (χ4v) is 10.3. The van der Waals surface area contributed by atoms with Gasteiger partial charge in [0.15, 0.2) is 0 Å². The first-order chi connectivity index (χ1) is 32.7. The van der Waals surface area contributed by atoms with Crippen LogP contribution in [0.25, 0.3) is 76.1 Å². The topological polar surface area (TPSA) is 32.5 Å². The number of furan rings is 1. The molecule has 0 saturated heterocycles. The zero-order valence-corrected chi connectivity index (χ0v) is 36.6. The summed E-state index contributed by atoms with van der Waals surface area (Å²) < 4.78 is 7.57. The standard InChI is InChI=1S/C61H41N3OS/c1-5-16-46(17-6-1)63(47-18-7-2-8-19-47)50-36-32-42(33-37-50)52-40-41-54(44-34-38-51(39-35-44)64(48-20-9-3-10-21-48)49-22-11-4-12-23-49)60-58(52)62-61(66-60)45-30-28-43(29-31-45)53-25-15-26-56-55-24-13-14-27-57(55)65-59(53)56/h1-41H. The van der Waals surface area contributed by atoms with Crippen LogP contribution >= 0.6 is 11.3 Å². The predicted octanol–water partition coefficient (Wildman–Crippen LogP) is 17.8. The first-order valence-corrected chi connectivity index (χ1v) is 23.0. The van der Waals surface area contributed by atoms with E-state index in [1.165, 1.54) is 0 Å². The van der Waals surface area contributed by atoms with Crippen LogP contribution in [0, 0.1) is 0 Å². The lowest BCUT2D eigenvalue weighted by molar-refractivity contribution is 0.670. The third-order valence-corrected chi connectivity index (χ3v) is 13.5. The van der Waals surface area contributed by atoms with Crippen LogP contribution in [-0.2, 0) is 0 Å². The summed E-state index contributed by atoms with van der Waals surface area (Å²) in [6.07, 6.45) is 0. The molecule has 5 heteroatoms. The fourth-order valence-electron chi connectivity index (χ4n) is 9.14. The lowest BCUT2D eigenvalue weighted by atomic mass is 9.98. The van der Waals surface area contributed by atoms with E-state index in [-0.39, 0.29) is 0 Å². The fraction of sp³-hybridized carbons (Fsp3) is 0. The van der Waals surface area contributed by atoms with Crippen LogP contribution in [0.2, 0.25) is 0 Å². The zero-order valence-electron chi connectivity index (χ0n) is 35.8. The molecule has 0 aliphatic rings. The normalized spacial score (nSPS) is 11.3. The third-order valence-electron chi connectivity index (χ3n) is 12.3. The van der Waals surface area contributed by atoms with Crippen molar-refractivity contribution in [2.24, 2.45) is 0 Å². The van der Waals surface area contributed by atoms with Crippen LogP contribution in [0.1, 0.15) is 0 Å². The van der Waals surface area contributed by atoms with Crippen LogP contribution in [0.5, 0.6) is 0 Å². The van der Waals surface area contributed by atoms with Crippen molar-refractivity contribution in [1.29, 1.82) is 0 Å². The van der Waals surface area contributed by atoms with Gasteiger partial charge in [-0.05, 0) is 95.6 Å². The molecule has 0 aliphatic carbocycles. The number of rotatable bonds is 10. The number of hydrogen-bond acceptors (Lipinski definition) is 5. The molecule has 0 amide bonds. The summed E-state index contributed by atoms with van der Waals surface area (Å²) >= 11 is 1.75. The van der Waals surface area contributed by atoms with Gasteiger partial charge in [-0.1, -0.05) is 170 Å². The highest BCUT2D eigenvalue weighted by atomic mass is 32.1. The molecule has 0 spiro atoms. The average Bonchev–Trinajstić information content (AvgIpc) is 4.01. The molecule has 2 aromatic heterocycles. The molecule has 0 saturated carbocycles.